The van der Waals surface area contributed by atoms with Crippen molar-refractivity contribution in [3.8, 4) is 0 Å². The summed E-state index contributed by atoms with van der Waals surface area (Å²) in [6, 6.07) is 7.49. The van der Waals surface area contributed by atoms with Crippen LogP contribution in [0.3, 0.4) is 0 Å². The van der Waals surface area contributed by atoms with Gasteiger partial charge in [-0.1, -0.05) is 28.1 Å². The first-order valence-electron chi connectivity index (χ1n) is 4.22. The second-order valence-electron chi connectivity index (χ2n) is 2.87. The Balaban J connectivity index is 2.94. The Morgan fingerprint density at radius 2 is 2.36 bits per heavy atom. The van der Waals surface area contributed by atoms with E-state index in [2.05, 4.69) is 20.7 Å². The zero-order valence-corrected chi connectivity index (χ0v) is 9.45. The molecule has 0 fully saturated rings. The molecule has 3 nitrogen and oxygen atoms in total. The number of rotatable bonds is 3. The molecule has 0 saturated carbocycles. The molecule has 1 rings (SSSR count). The van der Waals surface area contributed by atoms with Crippen molar-refractivity contribution >= 4 is 21.9 Å². The summed E-state index contributed by atoms with van der Waals surface area (Å²) in [5.74, 6) is -0.678. The van der Waals surface area contributed by atoms with Gasteiger partial charge in [0, 0.05) is 11.0 Å². The van der Waals surface area contributed by atoms with Crippen molar-refractivity contribution in [3.05, 3.63) is 34.3 Å². The minimum absolute atomic E-state index is 0.253. The van der Waals surface area contributed by atoms with E-state index in [9.17, 15) is 4.79 Å². The van der Waals surface area contributed by atoms with Gasteiger partial charge in [0.25, 0.3) is 0 Å². The number of benzene rings is 1. The minimum Gasteiger partial charge on any atom is -0.469 e. The van der Waals surface area contributed by atoms with E-state index in [1.165, 1.54) is 7.11 Å². The lowest BCUT2D eigenvalue weighted by atomic mass is 10.00. The second-order valence-corrected chi connectivity index (χ2v) is 3.78. The SMILES string of the molecule is COC(=O)[C@H](CN)c1cccc(Br)c1. The zero-order chi connectivity index (χ0) is 10.6. The number of esters is 1. The molecule has 1 atom stereocenters. The van der Waals surface area contributed by atoms with Gasteiger partial charge in [0.15, 0.2) is 0 Å². The van der Waals surface area contributed by atoms with Crippen LogP contribution in [-0.2, 0) is 9.53 Å². The van der Waals surface area contributed by atoms with E-state index in [1.54, 1.807) is 0 Å². The van der Waals surface area contributed by atoms with Crippen LogP contribution < -0.4 is 5.73 Å². The van der Waals surface area contributed by atoms with Crippen LogP contribution in [-0.4, -0.2) is 19.6 Å². The fourth-order valence-electron chi connectivity index (χ4n) is 1.23. The van der Waals surface area contributed by atoms with Crippen LogP contribution in [0, 0.1) is 0 Å². The van der Waals surface area contributed by atoms with Gasteiger partial charge in [-0.05, 0) is 17.7 Å². The molecule has 0 radical (unpaired) electrons. The lowest BCUT2D eigenvalue weighted by Crippen LogP contribution is -2.22. The number of hydrogen-bond donors (Lipinski definition) is 1. The maximum absolute atomic E-state index is 11.3. The largest absolute Gasteiger partial charge is 0.469 e. The first kappa shape index (κ1) is 11.2. The highest BCUT2D eigenvalue weighted by atomic mass is 79.9. The van der Waals surface area contributed by atoms with Crippen molar-refractivity contribution in [1.82, 2.24) is 0 Å². The molecular formula is C10H12BrNO2. The summed E-state index contributed by atoms with van der Waals surface area (Å²) in [4.78, 5) is 11.3. The maximum Gasteiger partial charge on any atom is 0.314 e. The van der Waals surface area contributed by atoms with Crippen LogP contribution in [0.1, 0.15) is 11.5 Å². The average Bonchev–Trinajstić information content (AvgIpc) is 2.19. The van der Waals surface area contributed by atoms with Gasteiger partial charge in [-0.25, -0.2) is 0 Å². The van der Waals surface area contributed by atoms with Crippen molar-refractivity contribution < 1.29 is 9.53 Å². The fourth-order valence-corrected chi connectivity index (χ4v) is 1.65. The first-order valence-corrected chi connectivity index (χ1v) is 5.01. The second kappa shape index (κ2) is 5.12. The fraction of sp³-hybridized carbons (Fsp3) is 0.300. The highest BCUT2D eigenvalue weighted by molar-refractivity contribution is 9.10. The van der Waals surface area contributed by atoms with Gasteiger partial charge in [-0.15, -0.1) is 0 Å². The lowest BCUT2D eigenvalue weighted by molar-refractivity contribution is -0.142. The van der Waals surface area contributed by atoms with Gasteiger partial charge >= 0.3 is 5.97 Å². The highest BCUT2D eigenvalue weighted by Crippen LogP contribution is 2.20. The predicted molar refractivity (Wildman–Crippen MR) is 58.0 cm³/mol. The number of carbonyl (C=O) groups is 1. The predicted octanol–water partition coefficient (Wildman–Crippen LogP) is 1.66. The van der Waals surface area contributed by atoms with Crippen LogP contribution in [0.5, 0.6) is 0 Å². The Bertz CT molecular complexity index is 328. The summed E-state index contributed by atoms with van der Waals surface area (Å²) >= 11 is 3.34. The van der Waals surface area contributed by atoms with Crippen molar-refractivity contribution in [2.75, 3.05) is 13.7 Å². The summed E-state index contributed by atoms with van der Waals surface area (Å²) < 4.78 is 5.59. The van der Waals surface area contributed by atoms with E-state index in [1.807, 2.05) is 24.3 Å². The molecule has 0 saturated heterocycles. The van der Waals surface area contributed by atoms with Gasteiger partial charge in [0.2, 0.25) is 0 Å². The number of hydrogen-bond acceptors (Lipinski definition) is 3. The monoisotopic (exact) mass is 257 g/mol. The Kier molecular flexibility index (Phi) is 4.10. The van der Waals surface area contributed by atoms with Crippen molar-refractivity contribution in [2.24, 2.45) is 5.73 Å². The van der Waals surface area contributed by atoms with Crippen LogP contribution in [0.4, 0.5) is 0 Å². The molecule has 1 aromatic rings. The summed E-state index contributed by atoms with van der Waals surface area (Å²) in [7, 11) is 1.36. The maximum atomic E-state index is 11.3. The molecule has 0 unspecified atom stereocenters. The lowest BCUT2D eigenvalue weighted by Gasteiger charge is -2.12. The van der Waals surface area contributed by atoms with E-state index < -0.39 is 0 Å². The zero-order valence-electron chi connectivity index (χ0n) is 7.87. The van der Waals surface area contributed by atoms with Gasteiger partial charge in [-0.3, -0.25) is 4.79 Å². The van der Waals surface area contributed by atoms with Gasteiger partial charge in [-0.2, -0.15) is 0 Å². The van der Waals surface area contributed by atoms with Crippen LogP contribution in [0.15, 0.2) is 28.7 Å². The quantitative estimate of drug-likeness (QED) is 0.839. The normalized spacial score (nSPS) is 12.2. The molecule has 0 bridgehead atoms. The van der Waals surface area contributed by atoms with E-state index >= 15 is 0 Å². The Morgan fingerprint density at radius 3 is 2.86 bits per heavy atom. The van der Waals surface area contributed by atoms with E-state index in [4.69, 9.17) is 5.73 Å². The van der Waals surface area contributed by atoms with E-state index in [0.29, 0.717) is 0 Å². The van der Waals surface area contributed by atoms with Crippen molar-refractivity contribution in [2.45, 2.75) is 5.92 Å². The van der Waals surface area contributed by atoms with Crippen LogP contribution >= 0.6 is 15.9 Å². The van der Waals surface area contributed by atoms with Crippen molar-refractivity contribution in [3.63, 3.8) is 0 Å². The number of nitrogens with two attached hydrogens (primary N) is 1. The van der Waals surface area contributed by atoms with Crippen LogP contribution in [0.25, 0.3) is 0 Å². The molecule has 1 aromatic carbocycles. The molecule has 0 aliphatic carbocycles. The molecule has 0 heterocycles. The molecule has 76 valence electrons. The summed E-state index contributed by atoms with van der Waals surface area (Å²) in [5, 5.41) is 0. The molecule has 2 N–H and O–H groups in total. The van der Waals surface area contributed by atoms with Crippen LogP contribution in [0.2, 0.25) is 0 Å². The van der Waals surface area contributed by atoms with Gasteiger partial charge in [0.05, 0.1) is 13.0 Å². The van der Waals surface area contributed by atoms with Crippen molar-refractivity contribution in [1.29, 1.82) is 0 Å². The molecule has 4 heteroatoms. The Labute approximate surface area is 91.4 Å². The van der Waals surface area contributed by atoms with Gasteiger partial charge in [0.1, 0.15) is 0 Å². The first-order chi connectivity index (χ1) is 6.69. The molecule has 0 aliphatic rings. The third kappa shape index (κ3) is 2.56. The van der Waals surface area contributed by atoms with E-state index in [0.717, 1.165) is 10.0 Å². The number of carbonyl (C=O) groups excluding carboxylic acids is 1. The molecule has 0 spiro atoms. The topological polar surface area (TPSA) is 52.3 Å². The highest BCUT2D eigenvalue weighted by Gasteiger charge is 2.19. The average molecular weight is 258 g/mol. The molecule has 0 amide bonds. The number of ether oxygens (including phenoxy) is 1. The molecule has 0 aromatic heterocycles. The molecule has 0 aliphatic heterocycles. The Morgan fingerprint density at radius 1 is 1.64 bits per heavy atom. The Hall–Kier alpha value is -0.870. The van der Waals surface area contributed by atoms with E-state index in [-0.39, 0.29) is 18.4 Å². The number of methoxy groups -OCH3 is 1. The molecule has 14 heavy (non-hydrogen) atoms. The van der Waals surface area contributed by atoms with Gasteiger partial charge < -0.3 is 10.5 Å². The summed E-state index contributed by atoms with van der Waals surface area (Å²) in [6.07, 6.45) is 0. The molecular weight excluding hydrogens is 246 g/mol. The smallest absolute Gasteiger partial charge is 0.314 e. The third-order valence-corrected chi connectivity index (χ3v) is 2.47. The number of halogens is 1. The minimum atomic E-state index is -0.377. The third-order valence-electron chi connectivity index (χ3n) is 1.97. The summed E-state index contributed by atoms with van der Waals surface area (Å²) in [6.45, 7) is 0.253. The standard InChI is InChI=1S/C10H12BrNO2/c1-14-10(13)9(6-12)7-3-2-4-8(11)5-7/h2-5,9H,6,12H2,1H3/t9-/m1/s1. The summed E-state index contributed by atoms with van der Waals surface area (Å²) in [5.41, 5.74) is 6.38.